The van der Waals surface area contributed by atoms with E-state index in [1.807, 2.05) is 12.1 Å². The molecule has 1 aliphatic carbocycles. The van der Waals surface area contributed by atoms with Crippen LogP contribution < -0.4 is 0 Å². The molecule has 0 N–H and O–H groups in total. The zero-order chi connectivity index (χ0) is 15.4. The SMILES string of the molecule is O=C=NC1(c2ccc(CN3CCCCC3)c(F)c2)CCCC1. The highest BCUT2D eigenvalue weighted by Gasteiger charge is 2.36. The summed E-state index contributed by atoms with van der Waals surface area (Å²) in [6.07, 6.45) is 9.07. The third-order valence-corrected chi connectivity index (χ3v) is 5.12. The van der Waals surface area contributed by atoms with E-state index >= 15 is 0 Å². The van der Waals surface area contributed by atoms with E-state index in [4.69, 9.17) is 0 Å². The van der Waals surface area contributed by atoms with Gasteiger partial charge in [0.1, 0.15) is 5.82 Å². The summed E-state index contributed by atoms with van der Waals surface area (Å²) in [4.78, 5) is 17.1. The molecule has 1 saturated carbocycles. The Balaban J connectivity index is 1.80. The molecule has 118 valence electrons. The number of hydrogen-bond donors (Lipinski definition) is 0. The highest BCUT2D eigenvalue weighted by Crippen LogP contribution is 2.42. The molecule has 3 nitrogen and oxygen atoms in total. The van der Waals surface area contributed by atoms with Crippen molar-refractivity contribution < 1.29 is 9.18 Å². The van der Waals surface area contributed by atoms with Crippen LogP contribution in [0.1, 0.15) is 56.1 Å². The molecule has 1 aromatic carbocycles. The van der Waals surface area contributed by atoms with Crippen molar-refractivity contribution in [1.29, 1.82) is 0 Å². The predicted octanol–water partition coefficient (Wildman–Crippen LogP) is 3.92. The fraction of sp³-hybridized carbons (Fsp3) is 0.611. The fourth-order valence-corrected chi connectivity index (χ4v) is 3.84. The Bertz CT molecular complexity index is 568. The Morgan fingerprint density at radius 3 is 2.50 bits per heavy atom. The quantitative estimate of drug-likeness (QED) is 0.624. The van der Waals surface area contributed by atoms with Gasteiger partial charge in [0.25, 0.3) is 0 Å². The van der Waals surface area contributed by atoms with Gasteiger partial charge in [-0.2, -0.15) is 4.99 Å². The molecule has 0 unspecified atom stereocenters. The second kappa shape index (κ2) is 6.72. The number of carbonyl (C=O) groups excluding carboxylic acids is 1. The summed E-state index contributed by atoms with van der Waals surface area (Å²) in [5.74, 6) is -0.171. The summed E-state index contributed by atoms with van der Waals surface area (Å²) < 4.78 is 14.5. The van der Waals surface area contributed by atoms with Gasteiger partial charge >= 0.3 is 0 Å². The van der Waals surface area contributed by atoms with Gasteiger partial charge in [-0.25, -0.2) is 9.18 Å². The van der Waals surface area contributed by atoms with Gasteiger partial charge in [-0.1, -0.05) is 31.4 Å². The normalized spacial score (nSPS) is 21.5. The van der Waals surface area contributed by atoms with Crippen LogP contribution in [0.3, 0.4) is 0 Å². The molecule has 0 amide bonds. The molecule has 0 aromatic heterocycles. The number of benzene rings is 1. The summed E-state index contributed by atoms with van der Waals surface area (Å²) in [7, 11) is 0. The molecule has 3 rings (SSSR count). The number of halogens is 1. The zero-order valence-corrected chi connectivity index (χ0v) is 13.0. The third-order valence-electron chi connectivity index (χ3n) is 5.12. The molecule has 4 heteroatoms. The standard InChI is InChI=1S/C18H23FN2O/c19-17-12-16(18(20-14-22)8-2-3-9-18)7-6-15(17)13-21-10-4-1-5-11-21/h6-7,12H,1-5,8-11,13H2. The average molecular weight is 302 g/mol. The van der Waals surface area contributed by atoms with Gasteiger partial charge in [-0.15, -0.1) is 0 Å². The van der Waals surface area contributed by atoms with E-state index in [1.54, 1.807) is 12.1 Å². The van der Waals surface area contributed by atoms with Crippen molar-refractivity contribution in [1.82, 2.24) is 4.90 Å². The maximum absolute atomic E-state index is 14.5. The van der Waals surface area contributed by atoms with Crippen LogP contribution in [-0.2, 0) is 16.9 Å². The molecule has 2 fully saturated rings. The summed E-state index contributed by atoms with van der Waals surface area (Å²) in [6.45, 7) is 2.79. The molecule has 1 saturated heterocycles. The Kier molecular flexibility index (Phi) is 4.70. The lowest BCUT2D eigenvalue weighted by molar-refractivity contribution is 0.218. The second-order valence-electron chi connectivity index (χ2n) is 6.58. The number of isocyanates is 1. The first-order valence-electron chi connectivity index (χ1n) is 8.34. The van der Waals surface area contributed by atoms with E-state index in [-0.39, 0.29) is 5.82 Å². The topological polar surface area (TPSA) is 32.7 Å². The van der Waals surface area contributed by atoms with Gasteiger partial charge in [0.2, 0.25) is 6.08 Å². The van der Waals surface area contributed by atoms with E-state index < -0.39 is 5.54 Å². The van der Waals surface area contributed by atoms with Crippen molar-refractivity contribution in [3.63, 3.8) is 0 Å². The Labute approximate surface area is 131 Å². The molecule has 0 atom stereocenters. The molecule has 0 spiro atoms. The summed E-state index contributed by atoms with van der Waals surface area (Å²) >= 11 is 0. The number of rotatable bonds is 4. The number of nitrogens with zero attached hydrogens (tertiary/aromatic N) is 2. The lowest BCUT2D eigenvalue weighted by Gasteiger charge is -2.27. The number of piperidine rings is 1. The van der Waals surface area contributed by atoms with Crippen LogP contribution in [0.2, 0.25) is 0 Å². The van der Waals surface area contributed by atoms with Gasteiger partial charge in [-0.05, 0) is 50.4 Å². The maximum atomic E-state index is 14.5. The van der Waals surface area contributed by atoms with E-state index in [1.165, 1.54) is 19.3 Å². The van der Waals surface area contributed by atoms with Crippen molar-refractivity contribution in [2.45, 2.75) is 57.0 Å². The van der Waals surface area contributed by atoms with Crippen LogP contribution in [0.4, 0.5) is 4.39 Å². The first kappa shape index (κ1) is 15.4. The summed E-state index contributed by atoms with van der Waals surface area (Å²) in [5.41, 5.74) is 1.04. The summed E-state index contributed by atoms with van der Waals surface area (Å²) in [5, 5.41) is 0. The number of hydrogen-bond acceptors (Lipinski definition) is 3. The lowest BCUT2D eigenvalue weighted by Crippen LogP contribution is -2.29. The van der Waals surface area contributed by atoms with Crippen LogP contribution in [0, 0.1) is 5.82 Å². The minimum atomic E-state index is -0.535. The smallest absolute Gasteiger partial charge is 0.235 e. The van der Waals surface area contributed by atoms with Crippen LogP contribution >= 0.6 is 0 Å². The molecule has 2 aliphatic rings. The van der Waals surface area contributed by atoms with E-state index in [2.05, 4.69) is 9.89 Å². The van der Waals surface area contributed by atoms with Gasteiger partial charge in [0.05, 0.1) is 5.54 Å². The molecule has 1 aliphatic heterocycles. The van der Waals surface area contributed by atoms with Gasteiger partial charge in [0.15, 0.2) is 0 Å². The number of likely N-dealkylation sites (tertiary alicyclic amines) is 1. The van der Waals surface area contributed by atoms with Gasteiger partial charge in [0, 0.05) is 12.1 Å². The first-order valence-corrected chi connectivity index (χ1v) is 8.34. The highest BCUT2D eigenvalue weighted by molar-refractivity contribution is 5.39. The minimum Gasteiger partial charge on any atom is -0.299 e. The molecular formula is C18H23FN2O. The molecule has 0 radical (unpaired) electrons. The van der Waals surface area contributed by atoms with Crippen molar-refractivity contribution >= 4 is 6.08 Å². The molecule has 1 heterocycles. The molecule has 0 bridgehead atoms. The van der Waals surface area contributed by atoms with E-state index in [0.717, 1.165) is 49.9 Å². The molecule has 22 heavy (non-hydrogen) atoms. The Morgan fingerprint density at radius 2 is 1.86 bits per heavy atom. The van der Waals surface area contributed by atoms with Crippen molar-refractivity contribution in [3.05, 3.63) is 35.1 Å². The minimum absolute atomic E-state index is 0.171. The zero-order valence-electron chi connectivity index (χ0n) is 13.0. The Hall–Kier alpha value is -1.51. The largest absolute Gasteiger partial charge is 0.299 e. The van der Waals surface area contributed by atoms with Crippen molar-refractivity contribution in [3.8, 4) is 0 Å². The van der Waals surface area contributed by atoms with Crippen molar-refractivity contribution in [2.75, 3.05) is 13.1 Å². The van der Waals surface area contributed by atoms with Gasteiger partial charge < -0.3 is 0 Å². The monoisotopic (exact) mass is 302 g/mol. The second-order valence-corrected chi connectivity index (χ2v) is 6.58. The van der Waals surface area contributed by atoms with Crippen LogP contribution in [0.15, 0.2) is 23.2 Å². The average Bonchev–Trinajstić information content (AvgIpc) is 3.00. The van der Waals surface area contributed by atoms with Crippen molar-refractivity contribution in [2.24, 2.45) is 4.99 Å². The maximum Gasteiger partial charge on any atom is 0.235 e. The van der Waals surface area contributed by atoms with E-state index in [9.17, 15) is 9.18 Å². The fourth-order valence-electron chi connectivity index (χ4n) is 3.84. The molecular weight excluding hydrogens is 279 g/mol. The summed E-state index contributed by atoms with van der Waals surface area (Å²) in [6, 6.07) is 5.42. The van der Waals surface area contributed by atoms with E-state index in [0.29, 0.717) is 6.54 Å². The van der Waals surface area contributed by atoms with Crippen LogP contribution in [0.5, 0.6) is 0 Å². The highest BCUT2D eigenvalue weighted by atomic mass is 19.1. The Morgan fingerprint density at radius 1 is 1.14 bits per heavy atom. The molecule has 1 aromatic rings. The van der Waals surface area contributed by atoms with Crippen LogP contribution in [0.25, 0.3) is 0 Å². The third kappa shape index (κ3) is 3.13. The first-order chi connectivity index (χ1) is 10.7. The lowest BCUT2D eigenvalue weighted by atomic mass is 9.88. The van der Waals surface area contributed by atoms with Crippen LogP contribution in [-0.4, -0.2) is 24.1 Å². The predicted molar refractivity (Wildman–Crippen MR) is 83.8 cm³/mol. The van der Waals surface area contributed by atoms with Gasteiger partial charge in [-0.3, -0.25) is 4.90 Å². The number of aliphatic imine (C=N–C) groups is 1.